The number of esters is 1. The molecule has 3 aromatic heterocycles. The molecule has 4 aliphatic rings. The summed E-state index contributed by atoms with van der Waals surface area (Å²) in [5, 5.41) is 6.85. The van der Waals surface area contributed by atoms with Crippen molar-refractivity contribution < 1.29 is 27.9 Å². The van der Waals surface area contributed by atoms with Crippen molar-refractivity contribution in [2.24, 2.45) is 0 Å². The quantitative estimate of drug-likeness (QED) is 0.134. The van der Waals surface area contributed by atoms with Gasteiger partial charge in [-0.2, -0.15) is 5.10 Å². The fourth-order valence-corrected chi connectivity index (χ4v) is 11.0. The van der Waals surface area contributed by atoms with Gasteiger partial charge in [-0.1, -0.05) is 37.0 Å². The van der Waals surface area contributed by atoms with Crippen LogP contribution >= 0.6 is 23.2 Å². The molecule has 1 N–H and O–H groups in total. The van der Waals surface area contributed by atoms with Crippen molar-refractivity contribution in [3.05, 3.63) is 117 Å². The van der Waals surface area contributed by atoms with Crippen molar-refractivity contribution in [3.8, 4) is 11.5 Å². The van der Waals surface area contributed by atoms with Gasteiger partial charge in [-0.25, -0.2) is 28.5 Å². The molecule has 2 atom stereocenters. The number of hydrogen-bond acceptors (Lipinski definition) is 12. The Morgan fingerprint density at radius 3 is 1.55 bits per heavy atom. The molecular formula is C52H63Cl2F2N11O4. The molecule has 19 heteroatoms. The molecule has 71 heavy (non-hydrogen) atoms. The van der Waals surface area contributed by atoms with Gasteiger partial charge in [0.2, 0.25) is 0 Å². The molecule has 2 amide bonds. The largest absolute Gasteiger partial charge is 0.464 e. The van der Waals surface area contributed by atoms with E-state index in [0.717, 1.165) is 106 Å². The molecule has 9 rings (SSSR count). The van der Waals surface area contributed by atoms with Gasteiger partial charge in [0.1, 0.15) is 29.3 Å². The molecule has 4 saturated heterocycles. The Kier molecular flexibility index (Phi) is 16.9. The number of carbonyl (C=O) groups is 3. The van der Waals surface area contributed by atoms with Crippen LogP contribution in [-0.4, -0.2) is 159 Å². The van der Waals surface area contributed by atoms with Gasteiger partial charge in [-0.3, -0.25) is 24.5 Å². The van der Waals surface area contributed by atoms with E-state index in [0.29, 0.717) is 73.0 Å². The average molecular weight is 1020 g/mol. The first-order valence-electron chi connectivity index (χ1n) is 24.7. The number of anilines is 2. The first kappa shape index (κ1) is 51.6. The number of pyridine rings is 2. The molecule has 0 radical (unpaired) electrons. The van der Waals surface area contributed by atoms with E-state index in [2.05, 4.69) is 59.7 Å². The van der Waals surface area contributed by atoms with Gasteiger partial charge in [0, 0.05) is 101 Å². The SMILES string of the molecule is CC[C@H]1CN(c2ccc(-c3ncn[nH]3)nc2C)CCN1C1CCN(C(=O)c2ccc(Cl)c(F)c2)CC1.CC[C@H]1CN(c2ccc(C(=O)OC)nc2C)CCN1C1CCN(C(=O)c2ccc(Cl)c(F)c2)CC1. The number of ether oxygens (including phenoxy) is 1. The predicted molar refractivity (Wildman–Crippen MR) is 271 cm³/mol. The van der Waals surface area contributed by atoms with Crippen molar-refractivity contribution in [1.29, 1.82) is 0 Å². The van der Waals surface area contributed by atoms with E-state index in [4.69, 9.17) is 32.9 Å². The third-order valence-corrected chi connectivity index (χ3v) is 15.2. The second-order valence-electron chi connectivity index (χ2n) is 18.7. The number of aromatic amines is 1. The zero-order valence-corrected chi connectivity index (χ0v) is 42.6. The number of methoxy groups -OCH3 is 1. The average Bonchev–Trinajstić information content (AvgIpc) is 3.95. The maximum absolute atomic E-state index is 13.8. The minimum Gasteiger partial charge on any atom is -0.464 e. The summed E-state index contributed by atoms with van der Waals surface area (Å²) in [7, 11) is 1.36. The lowest BCUT2D eigenvalue weighted by molar-refractivity contribution is 0.0485. The van der Waals surface area contributed by atoms with Crippen LogP contribution in [-0.2, 0) is 4.74 Å². The first-order chi connectivity index (χ1) is 34.3. The number of aryl methyl sites for hydroxylation is 2. The van der Waals surface area contributed by atoms with Crippen LogP contribution in [0.15, 0.2) is 67.0 Å². The van der Waals surface area contributed by atoms with E-state index >= 15 is 0 Å². The molecule has 7 heterocycles. The molecule has 0 unspecified atom stereocenters. The minimum absolute atomic E-state index is 0.0235. The van der Waals surface area contributed by atoms with Gasteiger partial charge in [-0.05, 0) is 113 Å². The van der Waals surface area contributed by atoms with Crippen LogP contribution in [0.25, 0.3) is 11.5 Å². The molecule has 2 aromatic carbocycles. The highest BCUT2D eigenvalue weighted by molar-refractivity contribution is 6.31. The fourth-order valence-electron chi connectivity index (χ4n) is 10.7. The Bertz CT molecular complexity index is 2660. The number of benzene rings is 2. The number of nitrogens with zero attached hydrogens (tertiary/aromatic N) is 10. The van der Waals surface area contributed by atoms with Gasteiger partial charge in [-0.15, -0.1) is 0 Å². The van der Waals surface area contributed by atoms with E-state index in [1.165, 1.54) is 37.7 Å². The number of piperazine rings is 2. The molecule has 15 nitrogen and oxygen atoms in total. The Morgan fingerprint density at radius 1 is 0.662 bits per heavy atom. The van der Waals surface area contributed by atoms with E-state index < -0.39 is 17.6 Å². The molecule has 0 saturated carbocycles. The number of amides is 2. The Labute approximate surface area is 424 Å². The van der Waals surface area contributed by atoms with E-state index in [-0.39, 0.29) is 21.9 Å². The van der Waals surface area contributed by atoms with Crippen LogP contribution in [0.1, 0.15) is 95.0 Å². The third kappa shape index (κ3) is 11.8. The summed E-state index contributed by atoms with van der Waals surface area (Å²) in [6.45, 7) is 16.6. The molecule has 5 aromatic rings. The number of hydrogen-bond donors (Lipinski definition) is 1. The molecule has 0 spiro atoms. The summed E-state index contributed by atoms with van der Waals surface area (Å²) in [4.78, 5) is 64.6. The number of rotatable bonds is 10. The van der Waals surface area contributed by atoms with E-state index in [1.807, 2.05) is 35.8 Å². The zero-order chi connectivity index (χ0) is 50.3. The second kappa shape index (κ2) is 23.2. The number of aromatic nitrogens is 5. The zero-order valence-electron chi connectivity index (χ0n) is 41.1. The van der Waals surface area contributed by atoms with Crippen molar-refractivity contribution >= 4 is 52.4 Å². The number of H-pyrrole nitrogens is 1. The summed E-state index contributed by atoms with van der Waals surface area (Å²) in [5.41, 5.74) is 5.82. The lowest BCUT2D eigenvalue weighted by atomic mass is 9.97. The molecule has 4 aliphatic heterocycles. The number of likely N-dealkylation sites (tertiary alicyclic amines) is 2. The highest BCUT2D eigenvalue weighted by Crippen LogP contribution is 2.31. The molecule has 4 fully saturated rings. The lowest BCUT2D eigenvalue weighted by Crippen LogP contribution is -2.58. The van der Waals surface area contributed by atoms with Crippen LogP contribution in [0.3, 0.4) is 0 Å². The summed E-state index contributed by atoms with van der Waals surface area (Å²) in [5.74, 6) is -1.15. The lowest BCUT2D eigenvalue weighted by Gasteiger charge is -2.48. The van der Waals surface area contributed by atoms with Crippen molar-refractivity contribution in [2.75, 3.05) is 82.4 Å². The molecule has 0 bridgehead atoms. The Hall–Kier alpha value is -5.75. The smallest absolute Gasteiger partial charge is 0.356 e. The van der Waals surface area contributed by atoms with Crippen LogP contribution < -0.4 is 9.80 Å². The Morgan fingerprint density at radius 2 is 1.14 bits per heavy atom. The highest BCUT2D eigenvalue weighted by Gasteiger charge is 2.37. The fraction of sp³-hybridized carbons (Fsp3) is 0.481. The number of piperidine rings is 2. The number of halogens is 4. The van der Waals surface area contributed by atoms with Crippen LogP contribution in [0, 0.1) is 25.5 Å². The van der Waals surface area contributed by atoms with Gasteiger partial charge < -0.3 is 24.3 Å². The van der Waals surface area contributed by atoms with Gasteiger partial charge in [0.25, 0.3) is 11.8 Å². The van der Waals surface area contributed by atoms with Gasteiger partial charge in [0.05, 0.1) is 39.9 Å². The number of nitrogens with one attached hydrogen (secondary N) is 1. The van der Waals surface area contributed by atoms with Crippen LogP contribution in [0.4, 0.5) is 20.2 Å². The van der Waals surface area contributed by atoms with Crippen LogP contribution in [0.5, 0.6) is 0 Å². The summed E-state index contributed by atoms with van der Waals surface area (Å²) >= 11 is 11.5. The summed E-state index contributed by atoms with van der Waals surface area (Å²) in [6.07, 6.45) is 7.20. The second-order valence-corrected chi connectivity index (χ2v) is 19.5. The predicted octanol–water partition coefficient (Wildman–Crippen LogP) is 8.35. The molecule has 378 valence electrons. The first-order valence-corrected chi connectivity index (χ1v) is 25.4. The minimum atomic E-state index is -0.568. The van der Waals surface area contributed by atoms with Crippen molar-refractivity contribution in [3.63, 3.8) is 0 Å². The van der Waals surface area contributed by atoms with Crippen molar-refractivity contribution in [2.45, 2.75) is 90.4 Å². The summed E-state index contributed by atoms with van der Waals surface area (Å²) in [6, 6.07) is 18.0. The van der Waals surface area contributed by atoms with E-state index in [1.54, 1.807) is 18.2 Å². The van der Waals surface area contributed by atoms with E-state index in [9.17, 15) is 23.2 Å². The van der Waals surface area contributed by atoms with Gasteiger partial charge in [0.15, 0.2) is 5.82 Å². The van der Waals surface area contributed by atoms with Crippen molar-refractivity contribution in [1.82, 2.24) is 44.7 Å². The van der Waals surface area contributed by atoms with Crippen LogP contribution in [0.2, 0.25) is 10.0 Å². The monoisotopic (exact) mass is 1010 g/mol. The maximum Gasteiger partial charge on any atom is 0.356 e. The van der Waals surface area contributed by atoms with Gasteiger partial charge >= 0.3 is 5.97 Å². The number of carbonyl (C=O) groups excluding carboxylic acids is 3. The normalized spacial score (nSPS) is 19.6. The third-order valence-electron chi connectivity index (χ3n) is 14.6. The summed E-state index contributed by atoms with van der Waals surface area (Å²) < 4.78 is 32.4. The maximum atomic E-state index is 13.8. The Balaban J connectivity index is 0.000000191. The standard InChI is InChI=1S/C26H31ClFN7O.C26H32ClFN4O3/c1-3-19-15-34(24-7-6-23(31-17(24)2)25-29-16-30-32-25)12-13-35(19)20-8-10-33(11-9-20)26(36)18-4-5-21(27)22(28)14-18;1-4-19-16-31(24-8-7-23(26(34)35-3)29-17(24)2)13-14-32(19)20-9-11-30(12-10-20)25(33)18-5-6-21(27)22(28)15-18/h4-7,14,16,19-20H,3,8-13,15H2,1-2H3,(H,29,30,32);5-8,15,19-20H,4,9-14,16H2,1-3H3/t2*19-/m00/s1. The highest BCUT2D eigenvalue weighted by atomic mass is 35.5. The molecule has 0 aliphatic carbocycles. The molecular weight excluding hydrogens is 952 g/mol. The topological polar surface area (TPSA) is 147 Å².